The summed E-state index contributed by atoms with van der Waals surface area (Å²) in [5.41, 5.74) is 0.931. The standard InChI is InChI=1S/C21H22N4O5S/c22-13-15-2-1-3-18(12-15)30-14-20(26)25-10-8-16(9-11-25)21(27)24-17-4-6-19(7-5-17)31(23,28)29/h1-7,12,16H,8-11,14H2,(H,24,27)(H2,23,28,29). The van der Waals surface area contributed by atoms with E-state index in [4.69, 9.17) is 15.1 Å². The molecule has 0 aliphatic carbocycles. The average Bonchev–Trinajstić information content (AvgIpc) is 2.77. The van der Waals surface area contributed by atoms with E-state index in [2.05, 4.69) is 5.32 Å². The van der Waals surface area contributed by atoms with Crippen LogP contribution in [-0.2, 0) is 19.6 Å². The summed E-state index contributed by atoms with van der Waals surface area (Å²) in [6.45, 7) is 0.730. The number of hydrogen-bond donors (Lipinski definition) is 2. The molecule has 3 N–H and O–H groups in total. The minimum atomic E-state index is -3.78. The van der Waals surface area contributed by atoms with Crippen molar-refractivity contribution in [3.8, 4) is 11.8 Å². The number of amides is 2. The van der Waals surface area contributed by atoms with E-state index in [1.165, 1.54) is 24.3 Å². The average molecular weight is 442 g/mol. The number of benzene rings is 2. The summed E-state index contributed by atoms with van der Waals surface area (Å²) in [4.78, 5) is 26.5. The number of primary sulfonamides is 1. The highest BCUT2D eigenvalue weighted by molar-refractivity contribution is 7.89. The molecule has 2 aromatic carbocycles. The van der Waals surface area contributed by atoms with Crippen molar-refractivity contribution in [2.45, 2.75) is 17.7 Å². The molecule has 0 bridgehead atoms. The van der Waals surface area contributed by atoms with Crippen LogP contribution in [-0.4, -0.2) is 44.8 Å². The Balaban J connectivity index is 1.46. The van der Waals surface area contributed by atoms with Crippen LogP contribution in [0.5, 0.6) is 5.75 Å². The van der Waals surface area contributed by atoms with Crippen molar-refractivity contribution >= 4 is 27.5 Å². The van der Waals surface area contributed by atoms with Crippen LogP contribution in [0.4, 0.5) is 5.69 Å². The topological polar surface area (TPSA) is 143 Å². The number of carbonyl (C=O) groups is 2. The molecule has 1 aliphatic heterocycles. The minimum Gasteiger partial charge on any atom is -0.484 e. The Morgan fingerprint density at radius 3 is 2.45 bits per heavy atom. The summed E-state index contributed by atoms with van der Waals surface area (Å²) in [5, 5.41) is 16.7. The van der Waals surface area contributed by atoms with Crippen LogP contribution in [0.3, 0.4) is 0 Å². The van der Waals surface area contributed by atoms with E-state index < -0.39 is 10.0 Å². The fourth-order valence-corrected chi connectivity index (χ4v) is 3.77. The van der Waals surface area contributed by atoms with E-state index in [1.807, 2.05) is 6.07 Å². The summed E-state index contributed by atoms with van der Waals surface area (Å²) < 4.78 is 28.1. The van der Waals surface area contributed by atoms with E-state index >= 15 is 0 Å². The first-order valence-electron chi connectivity index (χ1n) is 9.61. The fraction of sp³-hybridized carbons (Fsp3) is 0.286. The zero-order valence-corrected chi connectivity index (χ0v) is 17.5. The van der Waals surface area contributed by atoms with E-state index in [-0.39, 0.29) is 29.2 Å². The highest BCUT2D eigenvalue weighted by Gasteiger charge is 2.27. The molecule has 0 atom stereocenters. The molecule has 2 aromatic rings. The lowest BCUT2D eigenvalue weighted by Gasteiger charge is -2.31. The molecular weight excluding hydrogens is 420 g/mol. The highest BCUT2D eigenvalue weighted by atomic mass is 32.2. The van der Waals surface area contributed by atoms with Gasteiger partial charge in [0.15, 0.2) is 6.61 Å². The number of hydrogen-bond acceptors (Lipinski definition) is 6. The maximum Gasteiger partial charge on any atom is 0.260 e. The third kappa shape index (κ3) is 6.04. The quantitative estimate of drug-likeness (QED) is 0.693. The summed E-state index contributed by atoms with van der Waals surface area (Å²) in [6, 6.07) is 14.2. The lowest BCUT2D eigenvalue weighted by atomic mass is 9.95. The van der Waals surface area contributed by atoms with Gasteiger partial charge in [-0.1, -0.05) is 6.07 Å². The molecule has 1 aliphatic rings. The van der Waals surface area contributed by atoms with Crippen LogP contribution in [0.1, 0.15) is 18.4 Å². The zero-order valence-electron chi connectivity index (χ0n) is 16.7. The van der Waals surface area contributed by atoms with Gasteiger partial charge in [0, 0.05) is 24.7 Å². The van der Waals surface area contributed by atoms with Crippen LogP contribution in [0.15, 0.2) is 53.4 Å². The molecule has 0 saturated carbocycles. The fourth-order valence-electron chi connectivity index (χ4n) is 3.26. The second-order valence-electron chi connectivity index (χ2n) is 7.14. The van der Waals surface area contributed by atoms with Gasteiger partial charge in [0.2, 0.25) is 15.9 Å². The van der Waals surface area contributed by atoms with Crippen molar-refractivity contribution in [1.82, 2.24) is 4.90 Å². The van der Waals surface area contributed by atoms with Crippen molar-refractivity contribution in [2.24, 2.45) is 11.1 Å². The maximum atomic E-state index is 12.5. The SMILES string of the molecule is N#Cc1cccc(OCC(=O)N2CCC(C(=O)Nc3ccc(S(N)(=O)=O)cc3)CC2)c1. The van der Waals surface area contributed by atoms with Crippen molar-refractivity contribution in [1.29, 1.82) is 5.26 Å². The van der Waals surface area contributed by atoms with Crippen LogP contribution in [0, 0.1) is 17.2 Å². The van der Waals surface area contributed by atoms with E-state index in [0.717, 1.165) is 0 Å². The molecule has 1 saturated heterocycles. The predicted molar refractivity (Wildman–Crippen MR) is 112 cm³/mol. The third-order valence-corrected chi connectivity index (χ3v) is 5.92. The molecule has 10 heteroatoms. The molecule has 0 radical (unpaired) electrons. The summed E-state index contributed by atoms with van der Waals surface area (Å²) >= 11 is 0. The van der Waals surface area contributed by atoms with Gasteiger partial charge in [0.25, 0.3) is 5.91 Å². The second-order valence-corrected chi connectivity index (χ2v) is 8.70. The van der Waals surface area contributed by atoms with Gasteiger partial charge in [-0.3, -0.25) is 9.59 Å². The molecule has 1 heterocycles. The Labute approximate surface area is 180 Å². The Bertz CT molecular complexity index is 1100. The van der Waals surface area contributed by atoms with Gasteiger partial charge in [-0.25, -0.2) is 13.6 Å². The number of anilines is 1. The number of carbonyl (C=O) groups excluding carboxylic acids is 2. The first kappa shape index (κ1) is 22.3. The number of likely N-dealkylation sites (tertiary alicyclic amines) is 1. The van der Waals surface area contributed by atoms with Crippen LogP contribution < -0.4 is 15.2 Å². The van der Waals surface area contributed by atoms with Crippen molar-refractivity contribution in [2.75, 3.05) is 25.0 Å². The Morgan fingerprint density at radius 2 is 1.84 bits per heavy atom. The molecular formula is C21H22N4O5S. The molecule has 0 spiro atoms. The summed E-state index contributed by atoms with van der Waals surface area (Å²) in [5.74, 6) is -0.162. The number of nitrogens with one attached hydrogen (secondary N) is 1. The van der Waals surface area contributed by atoms with E-state index in [1.54, 1.807) is 29.2 Å². The molecule has 9 nitrogen and oxygen atoms in total. The lowest BCUT2D eigenvalue weighted by Crippen LogP contribution is -2.43. The first-order chi connectivity index (χ1) is 14.8. The van der Waals surface area contributed by atoms with Crippen molar-refractivity contribution < 1.29 is 22.7 Å². The number of ether oxygens (including phenoxy) is 1. The van der Waals surface area contributed by atoms with Gasteiger partial charge in [-0.2, -0.15) is 5.26 Å². The highest BCUT2D eigenvalue weighted by Crippen LogP contribution is 2.21. The number of nitrogens with zero attached hydrogens (tertiary/aromatic N) is 2. The van der Waals surface area contributed by atoms with Gasteiger partial charge in [0.1, 0.15) is 5.75 Å². The second kappa shape index (κ2) is 9.59. The molecule has 2 amide bonds. The molecule has 3 rings (SSSR count). The number of piperidine rings is 1. The van der Waals surface area contributed by atoms with Gasteiger partial charge in [-0.05, 0) is 55.3 Å². The maximum absolute atomic E-state index is 12.5. The Hall–Kier alpha value is -3.42. The minimum absolute atomic E-state index is 0.0288. The summed E-state index contributed by atoms with van der Waals surface area (Å²) in [6.07, 6.45) is 1.02. The lowest BCUT2D eigenvalue weighted by molar-refractivity contribution is -0.136. The number of rotatable bonds is 6. The molecule has 0 aromatic heterocycles. The Morgan fingerprint density at radius 1 is 1.16 bits per heavy atom. The van der Waals surface area contributed by atoms with Crippen LogP contribution in [0.2, 0.25) is 0 Å². The summed E-state index contributed by atoms with van der Waals surface area (Å²) in [7, 11) is -3.78. The number of nitriles is 1. The first-order valence-corrected chi connectivity index (χ1v) is 11.2. The normalized spacial score (nSPS) is 14.5. The monoisotopic (exact) mass is 442 g/mol. The Kier molecular flexibility index (Phi) is 6.89. The van der Waals surface area contributed by atoms with Crippen molar-refractivity contribution in [3.05, 3.63) is 54.1 Å². The van der Waals surface area contributed by atoms with Gasteiger partial charge < -0.3 is 15.0 Å². The molecule has 1 fully saturated rings. The number of nitrogens with two attached hydrogens (primary N) is 1. The third-order valence-electron chi connectivity index (χ3n) is 4.99. The largest absolute Gasteiger partial charge is 0.484 e. The van der Waals surface area contributed by atoms with Crippen molar-refractivity contribution in [3.63, 3.8) is 0 Å². The van der Waals surface area contributed by atoms with Crippen LogP contribution in [0.25, 0.3) is 0 Å². The van der Waals surface area contributed by atoms with Gasteiger partial charge >= 0.3 is 0 Å². The van der Waals surface area contributed by atoms with E-state index in [0.29, 0.717) is 42.9 Å². The molecule has 162 valence electrons. The van der Waals surface area contributed by atoms with Gasteiger partial charge in [-0.15, -0.1) is 0 Å². The van der Waals surface area contributed by atoms with Crippen LogP contribution >= 0.6 is 0 Å². The van der Waals surface area contributed by atoms with E-state index in [9.17, 15) is 18.0 Å². The van der Waals surface area contributed by atoms with Gasteiger partial charge in [0.05, 0.1) is 16.5 Å². The smallest absolute Gasteiger partial charge is 0.260 e. The number of sulfonamides is 1. The zero-order chi connectivity index (χ0) is 22.4. The predicted octanol–water partition coefficient (Wildman–Crippen LogP) is 1.46. The molecule has 0 unspecified atom stereocenters. The molecule has 31 heavy (non-hydrogen) atoms.